The fraction of sp³-hybridized carbons (Fsp3) is 0.353. The van der Waals surface area contributed by atoms with Crippen LogP contribution in [0.15, 0.2) is 47.5 Å². The third kappa shape index (κ3) is 3.78. The van der Waals surface area contributed by atoms with Gasteiger partial charge in [-0.1, -0.05) is 35.4 Å². The molecule has 3 rings (SSSR count). The lowest BCUT2D eigenvalue weighted by Gasteiger charge is -2.34. The molecule has 5 nitrogen and oxygen atoms in total. The lowest BCUT2D eigenvalue weighted by atomic mass is 10.2. The highest BCUT2D eigenvalue weighted by Gasteiger charge is 2.28. The SMILES string of the molecule is Cc1ccc(S(=O)(=O)N2CCN(Cc3cccnc3Cl)CC2)cc1. The van der Waals surface area contributed by atoms with Gasteiger partial charge in [-0.2, -0.15) is 4.31 Å². The average molecular weight is 366 g/mol. The van der Waals surface area contributed by atoms with Gasteiger partial charge in [0.15, 0.2) is 0 Å². The Morgan fingerprint density at radius 1 is 1.08 bits per heavy atom. The standard InChI is InChI=1S/C17H20ClN3O2S/c1-14-4-6-16(7-5-14)24(22,23)21-11-9-20(10-12-21)13-15-3-2-8-19-17(15)18/h2-8H,9-13H2,1H3. The van der Waals surface area contributed by atoms with Gasteiger partial charge in [0.2, 0.25) is 10.0 Å². The van der Waals surface area contributed by atoms with E-state index >= 15 is 0 Å². The minimum atomic E-state index is -3.41. The van der Waals surface area contributed by atoms with E-state index < -0.39 is 10.0 Å². The van der Waals surface area contributed by atoms with Crippen LogP contribution in [0.2, 0.25) is 5.15 Å². The zero-order valence-electron chi connectivity index (χ0n) is 13.5. The lowest BCUT2D eigenvalue weighted by Crippen LogP contribution is -2.48. The summed E-state index contributed by atoms with van der Waals surface area (Å²) in [6.45, 7) is 4.94. The van der Waals surface area contributed by atoms with Gasteiger partial charge in [0.25, 0.3) is 0 Å². The molecule has 1 aliphatic rings. The van der Waals surface area contributed by atoms with Gasteiger partial charge >= 0.3 is 0 Å². The number of hydrogen-bond donors (Lipinski definition) is 0. The Labute approximate surface area is 147 Å². The lowest BCUT2D eigenvalue weighted by molar-refractivity contribution is 0.181. The van der Waals surface area contributed by atoms with E-state index in [-0.39, 0.29) is 0 Å². The number of aryl methyl sites for hydroxylation is 1. The Morgan fingerprint density at radius 3 is 2.38 bits per heavy atom. The first kappa shape index (κ1) is 17.4. The molecule has 0 spiro atoms. The van der Waals surface area contributed by atoms with Gasteiger partial charge in [-0.25, -0.2) is 13.4 Å². The summed E-state index contributed by atoms with van der Waals surface area (Å²) in [5, 5.41) is 0.507. The van der Waals surface area contributed by atoms with Gasteiger partial charge < -0.3 is 0 Å². The predicted molar refractivity (Wildman–Crippen MR) is 94.5 cm³/mol. The molecule has 0 N–H and O–H groups in total. The van der Waals surface area contributed by atoms with Gasteiger partial charge in [-0.05, 0) is 25.1 Å². The summed E-state index contributed by atoms with van der Waals surface area (Å²) in [5.74, 6) is 0. The predicted octanol–water partition coefficient (Wildman–Crippen LogP) is 2.55. The van der Waals surface area contributed by atoms with Crippen molar-refractivity contribution in [1.82, 2.24) is 14.2 Å². The number of sulfonamides is 1. The van der Waals surface area contributed by atoms with E-state index in [1.807, 2.05) is 31.2 Å². The molecule has 0 atom stereocenters. The summed E-state index contributed by atoms with van der Waals surface area (Å²) in [5.41, 5.74) is 2.01. The highest BCUT2D eigenvalue weighted by molar-refractivity contribution is 7.89. The second kappa shape index (κ2) is 7.19. The number of benzene rings is 1. The van der Waals surface area contributed by atoms with E-state index in [1.54, 1.807) is 22.6 Å². The molecule has 1 aromatic heterocycles. The molecule has 0 saturated carbocycles. The molecule has 1 aromatic carbocycles. The maximum atomic E-state index is 12.7. The Morgan fingerprint density at radius 2 is 1.75 bits per heavy atom. The first-order chi connectivity index (χ1) is 11.5. The van der Waals surface area contributed by atoms with Gasteiger partial charge in [0.1, 0.15) is 5.15 Å². The van der Waals surface area contributed by atoms with E-state index in [0.29, 0.717) is 42.8 Å². The Hall–Kier alpha value is -1.47. The third-order valence-electron chi connectivity index (χ3n) is 4.22. The summed E-state index contributed by atoms with van der Waals surface area (Å²) < 4.78 is 26.9. The molecule has 2 aromatic rings. The largest absolute Gasteiger partial charge is 0.296 e. The second-order valence-electron chi connectivity index (χ2n) is 5.95. The van der Waals surface area contributed by atoms with Crippen LogP contribution in [-0.4, -0.2) is 48.8 Å². The normalized spacial score (nSPS) is 17.1. The summed E-state index contributed by atoms with van der Waals surface area (Å²) in [7, 11) is -3.41. The summed E-state index contributed by atoms with van der Waals surface area (Å²) in [4.78, 5) is 6.63. The summed E-state index contributed by atoms with van der Waals surface area (Å²) in [6, 6.07) is 10.8. The summed E-state index contributed by atoms with van der Waals surface area (Å²) in [6.07, 6.45) is 1.66. The van der Waals surface area contributed by atoms with Crippen molar-refractivity contribution in [3.63, 3.8) is 0 Å². The van der Waals surface area contributed by atoms with Crippen molar-refractivity contribution in [2.75, 3.05) is 26.2 Å². The molecule has 0 unspecified atom stereocenters. The molecule has 24 heavy (non-hydrogen) atoms. The molecule has 1 fully saturated rings. The molecule has 7 heteroatoms. The first-order valence-corrected chi connectivity index (χ1v) is 9.67. The molecule has 0 radical (unpaired) electrons. The number of rotatable bonds is 4. The Bertz CT molecular complexity index is 801. The quantitative estimate of drug-likeness (QED) is 0.781. The van der Waals surface area contributed by atoms with Crippen molar-refractivity contribution in [2.45, 2.75) is 18.4 Å². The number of aromatic nitrogens is 1. The summed E-state index contributed by atoms with van der Waals surface area (Å²) >= 11 is 6.09. The maximum absolute atomic E-state index is 12.7. The minimum Gasteiger partial charge on any atom is -0.296 e. The highest BCUT2D eigenvalue weighted by atomic mass is 35.5. The van der Waals surface area contributed by atoms with Gasteiger partial charge in [0.05, 0.1) is 4.90 Å². The molecule has 0 amide bonds. The average Bonchev–Trinajstić information content (AvgIpc) is 2.58. The van der Waals surface area contributed by atoms with Gasteiger partial charge in [-0.15, -0.1) is 0 Å². The number of nitrogens with zero attached hydrogens (tertiary/aromatic N) is 3. The molecule has 0 aliphatic carbocycles. The Balaban J connectivity index is 1.64. The zero-order chi connectivity index (χ0) is 17.2. The smallest absolute Gasteiger partial charge is 0.243 e. The van der Waals surface area contributed by atoms with Crippen LogP contribution in [0.25, 0.3) is 0 Å². The third-order valence-corrected chi connectivity index (χ3v) is 6.47. The first-order valence-electron chi connectivity index (χ1n) is 7.85. The maximum Gasteiger partial charge on any atom is 0.243 e. The van der Waals surface area contributed by atoms with E-state index in [2.05, 4.69) is 9.88 Å². The van der Waals surface area contributed by atoms with Crippen molar-refractivity contribution < 1.29 is 8.42 Å². The van der Waals surface area contributed by atoms with Crippen LogP contribution in [0, 0.1) is 6.92 Å². The molecule has 0 bridgehead atoms. The zero-order valence-corrected chi connectivity index (χ0v) is 15.1. The van der Waals surface area contributed by atoms with Crippen LogP contribution in [0.4, 0.5) is 0 Å². The molecular formula is C17H20ClN3O2S. The molecule has 128 valence electrons. The molecule has 1 saturated heterocycles. The second-order valence-corrected chi connectivity index (χ2v) is 8.24. The Kier molecular flexibility index (Phi) is 5.20. The number of hydrogen-bond acceptors (Lipinski definition) is 4. The van der Waals surface area contributed by atoms with Crippen LogP contribution >= 0.6 is 11.6 Å². The molecule has 1 aliphatic heterocycles. The van der Waals surface area contributed by atoms with E-state index in [1.165, 1.54) is 0 Å². The minimum absolute atomic E-state index is 0.358. The number of pyridine rings is 1. The highest BCUT2D eigenvalue weighted by Crippen LogP contribution is 2.20. The monoisotopic (exact) mass is 365 g/mol. The van der Waals surface area contributed by atoms with Crippen molar-refractivity contribution in [3.8, 4) is 0 Å². The van der Waals surface area contributed by atoms with Crippen LogP contribution in [0.3, 0.4) is 0 Å². The van der Waals surface area contributed by atoms with Crippen LogP contribution in [0.5, 0.6) is 0 Å². The van der Waals surface area contributed by atoms with Crippen LogP contribution < -0.4 is 0 Å². The number of halogens is 1. The van der Waals surface area contributed by atoms with E-state index in [4.69, 9.17) is 11.6 Å². The van der Waals surface area contributed by atoms with E-state index in [9.17, 15) is 8.42 Å². The van der Waals surface area contributed by atoms with Gasteiger partial charge in [0, 0.05) is 44.5 Å². The van der Waals surface area contributed by atoms with Crippen molar-refractivity contribution in [3.05, 3.63) is 58.9 Å². The molecule has 2 heterocycles. The number of piperazine rings is 1. The van der Waals surface area contributed by atoms with Crippen molar-refractivity contribution in [2.24, 2.45) is 0 Å². The fourth-order valence-electron chi connectivity index (χ4n) is 2.77. The topological polar surface area (TPSA) is 53.5 Å². The van der Waals surface area contributed by atoms with Gasteiger partial charge in [-0.3, -0.25) is 4.90 Å². The van der Waals surface area contributed by atoms with Crippen LogP contribution in [-0.2, 0) is 16.6 Å². The van der Waals surface area contributed by atoms with Crippen molar-refractivity contribution >= 4 is 21.6 Å². The van der Waals surface area contributed by atoms with Crippen molar-refractivity contribution in [1.29, 1.82) is 0 Å². The van der Waals surface area contributed by atoms with E-state index in [0.717, 1.165) is 11.1 Å². The van der Waals surface area contributed by atoms with Crippen LogP contribution in [0.1, 0.15) is 11.1 Å². The molecular weight excluding hydrogens is 346 g/mol. The fourth-order valence-corrected chi connectivity index (χ4v) is 4.37.